The van der Waals surface area contributed by atoms with Gasteiger partial charge in [-0.3, -0.25) is 0 Å². The summed E-state index contributed by atoms with van der Waals surface area (Å²) in [6, 6.07) is 13.7. The largest absolute Gasteiger partial charge is 0.233 e. The van der Waals surface area contributed by atoms with E-state index in [9.17, 15) is 12.8 Å². The molecule has 0 spiro atoms. The Bertz CT molecular complexity index is 692. The van der Waals surface area contributed by atoms with Crippen LogP contribution in [-0.2, 0) is 9.84 Å². The first-order valence-corrected chi connectivity index (χ1v) is 7.29. The Morgan fingerprint density at radius 1 is 1.00 bits per heavy atom. The molecule has 2 nitrogen and oxygen atoms in total. The fraction of sp³-hybridized carbons (Fsp3) is 0. The number of hydrogen-bond acceptors (Lipinski definition) is 2. The Balaban J connectivity index is 2.38. The van der Waals surface area contributed by atoms with E-state index in [4.69, 9.17) is 11.6 Å². The normalized spacial score (nSPS) is 12.4. The first kappa shape index (κ1) is 13.8. The van der Waals surface area contributed by atoms with Gasteiger partial charge in [0, 0.05) is 5.02 Å². The lowest BCUT2D eigenvalue weighted by Crippen LogP contribution is -2.00. The highest BCUT2D eigenvalue weighted by Gasteiger charge is 2.20. The van der Waals surface area contributed by atoms with Crippen LogP contribution >= 0.6 is 11.6 Å². The maximum atomic E-state index is 13.9. The molecule has 0 saturated carbocycles. The Labute approximate surface area is 116 Å². The number of halogens is 2. The molecule has 0 aliphatic heterocycles. The molecule has 0 aromatic heterocycles. The van der Waals surface area contributed by atoms with Gasteiger partial charge in [-0.2, -0.15) is 4.39 Å². The zero-order chi connectivity index (χ0) is 13.9. The molecule has 0 amide bonds. The van der Waals surface area contributed by atoms with Crippen LogP contribution in [0.25, 0.3) is 6.08 Å². The van der Waals surface area contributed by atoms with Crippen molar-refractivity contribution in [1.29, 1.82) is 0 Å². The van der Waals surface area contributed by atoms with Crippen LogP contribution in [0.4, 0.5) is 4.39 Å². The molecular formula is C14H10ClFO2S. The minimum Gasteiger partial charge on any atom is -0.216 e. The van der Waals surface area contributed by atoms with E-state index in [-0.39, 0.29) is 4.90 Å². The molecule has 0 heterocycles. The Kier molecular flexibility index (Phi) is 4.02. The van der Waals surface area contributed by atoms with E-state index in [1.807, 2.05) is 0 Å². The van der Waals surface area contributed by atoms with Crippen molar-refractivity contribution in [1.82, 2.24) is 0 Å². The van der Waals surface area contributed by atoms with Crippen molar-refractivity contribution in [3.05, 3.63) is 70.3 Å². The topological polar surface area (TPSA) is 34.1 Å². The molecule has 2 aromatic rings. The number of benzene rings is 2. The molecular weight excluding hydrogens is 287 g/mol. The summed E-state index contributed by atoms with van der Waals surface area (Å²) < 4.78 is 37.8. The highest BCUT2D eigenvalue weighted by Crippen LogP contribution is 2.22. The quantitative estimate of drug-likeness (QED) is 0.855. The van der Waals surface area contributed by atoms with Crippen molar-refractivity contribution >= 4 is 27.5 Å². The highest BCUT2D eigenvalue weighted by molar-refractivity contribution is 7.95. The highest BCUT2D eigenvalue weighted by atomic mass is 35.5. The second kappa shape index (κ2) is 5.55. The molecule has 0 aliphatic carbocycles. The van der Waals surface area contributed by atoms with Crippen LogP contribution in [0.3, 0.4) is 0 Å². The van der Waals surface area contributed by atoms with Gasteiger partial charge in [-0.1, -0.05) is 41.9 Å². The van der Waals surface area contributed by atoms with Gasteiger partial charge in [-0.25, -0.2) is 8.42 Å². The minimum atomic E-state index is -4.09. The third-order valence-corrected chi connectivity index (χ3v) is 4.24. The second-order valence-electron chi connectivity index (χ2n) is 3.82. The van der Waals surface area contributed by atoms with E-state index < -0.39 is 15.0 Å². The average molecular weight is 297 g/mol. The van der Waals surface area contributed by atoms with Crippen molar-refractivity contribution in [3.63, 3.8) is 0 Å². The number of sulfone groups is 1. The van der Waals surface area contributed by atoms with Crippen molar-refractivity contribution in [2.24, 2.45) is 0 Å². The third-order valence-electron chi connectivity index (χ3n) is 2.46. The summed E-state index contributed by atoms with van der Waals surface area (Å²) in [6.45, 7) is 0. The van der Waals surface area contributed by atoms with E-state index in [1.165, 1.54) is 12.1 Å². The van der Waals surface area contributed by atoms with Gasteiger partial charge in [0.05, 0.1) is 4.90 Å². The second-order valence-corrected chi connectivity index (χ2v) is 6.12. The molecule has 5 heteroatoms. The fourth-order valence-electron chi connectivity index (χ4n) is 1.48. The Morgan fingerprint density at radius 3 is 2.16 bits per heavy atom. The molecule has 19 heavy (non-hydrogen) atoms. The van der Waals surface area contributed by atoms with Crippen LogP contribution in [-0.4, -0.2) is 8.42 Å². The SMILES string of the molecule is O=S(=O)(/C(F)=C\c1ccc(Cl)cc1)c1ccccc1. The molecule has 0 atom stereocenters. The molecule has 0 fully saturated rings. The van der Waals surface area contributed by atoms with Crippen molar-refractivity contribution in [2.45, 2.75) is 4.90 Å². The molecule has 2 aromatic carbocycles. The summed E-state index contributed by atoms with van der Waals surface area (Å²) >= 11 is 5.70. The lowest BCUT2D eigenvalue weighted by molar-refractivity contribution is 0.579. The van der Waals surface area contributed by atoms with Gasteiger partial charge in [-0.05, 0) is 35.9 Å². The maximum absolute atomic E-state index is 13.9. The molecule has 0 unspecified atom stereocenters. The van der Waals surface area contributed by atoms with Crippen LogP contribution in [0, 0.1) is 0 Å². The maximum Gasteiger partial charge on any atom is 0.233 e. The molecule has 0 N–H and O–H groups in total. The summed E-state index contributed by atoms with van der Waals surface area (Å²) in [5.41, 5.74) is 0.432. The van der Waals surface area contributed by atoms with Crippen molar-refractivity contribution in [2.75, 3.05) is 0 Å². The molecule has 0 bridgehead atoms. The fourth-order valence-corrected chi connectivity index (χ4v) is 2.64. The van der Waals surface area contributed by atoms with Crippen molar-refractivity contribution < 1.29 is 12.8 Å². The summed E-state index contributed by atoms with van der Waals surface area (Å²) in [7, 11) is -4.09. The summed E-state index contributed by atoms with van der Waals surface area (Å²) in [6.07, 6.45) is 0.971. The number of hydrogen-bond donors (Lipinski definition) is 0. The molecule has 2 rings (SSSR count). The van der Waals surface area contributed by atoms with Crippen LogP contribution in [0.2, 0.25) is 5.02 Å². The van der Waals surface area contributed by atoms with Gasteiger partial charge in [0.15, 0.2) is 0 Å². The predicted molar refractivity (Wildman–Crippen MR) is 74.2 cm³/mol. The zero-order valence-corrected chi connectivity index (χ0v) is 11.3. The third kappa shape index (κ3) is 3.22. The van der Waals surface area contributed by atoms with E-state index >= 15 is 0 Å². The van der Waals surface area contributed by atoms with Crippen molar-refractivity contribution in [3.8, 4) is 0 Å². The average Bonchev–Trinajstić information content (AvgIpc) is 2.42. The minimum absolute atomic E-state index is 0.0716. The molecule has 98 valence electrons. The molecule has 0 saturated heterocycles. The Morgan fingerprint density at radius 2 is 1.58 bits per heavy atom. The number of rotatable bonds is 3. The summed E-state index contributed by atoms with van der Waals surface area (Å²) in [4.78, 5) is -0.0716. The lowest BCUT2D eigenvalue weighted by Gasteiger charge is -2.01. The van der Waals surface area contributed by atoms with E-state index in [2.05, 4.69) is 0 Å². The van der Waals surface area contributed by atoms with Gasteiger partial charge in [0.2, 0.25) is 15.0 Å². The first-order valence-electron chi connectivity index (χ1n) is 5.43. The summed E-state index contributed by atoms with van der Waals surface area (Å²) in [5.74, 6) is 0. The van der Waals surface area contributed by atoms with Gasteiger partial charge in [0.1, 0.15) is 0 Å². The predicted octanol–water partition coefficient (Wildman–Crippen LogP) is 4.08. The monoisotopic (exact) mass is 296 g/mol. The van der Waals surface area contributed by atoms with Crippen LogP contribution < -0.4 is 0 Å². The van der Waals surface area contributed by atoms with E-state index in [0.29, 0.717) is 10.6 Å². The smallest absolute Gasteiger partial charge is 0.216 e. The van der Waals surface area contributed by atoms with Crippen LogP contribution in [0.5, 0.6) is 0 Å². The van der Waals surface area contributed by atoms with E-state index in [1.54, 1.807) is 42.5 Å². The van der Waals surface area contributed by atoms with Gasteiger partial charge >= 0.3 is 0 Å². The van der Waals surface area contributed by atoms with Crippen LogP contribution in [0.15, 0.2) is 64.7 Å². The lowest BCUT2D eigenvalue weighted by atomic mass is 10.2. The zero-order valence-electron chi connectivity index (χ0n) is 9.75. The van der Waals surface area contributed by atoms with Gasteiger partial charge in [-0.15, -0.1) is 0 Å². The molecule has 0 aliphatic rings. The van der Waals surface area contributed by atoms with E-state index in [0.717, 1.165) is 6.08 Å². The van der Waals surface area contributed by atoms with Gasteiger partial charge < -0.3 is 0 Å². The molecule has 0 radical (unpaired) electrons. The Hall–Kier alpha value is -1.65. The standard InChI is InChI=1S/C14H10ClFO2S/c15-12-8-6-11(7-9-12)10-14(16)19(17,18)13-4-2-1-3-5-13/h1-10H/b14-10-. The summed E-state index contributed by atoms with van der Waals surface area (Å²) in [5, 5.41) is -0.690. The van der Waals surface area contributed by atoms with Gasteiger partial charge in [0.25, 0.3) is 0 Å². The van der Waals surface area contributed by atoms with Crippen LogP contribution in [0.1, 0.15) is 5.56 Å². The first-order chi connectivity index (χ1) is 9.00.